The van der Waals surface area contributed by atoms with Gasteiger partial charge in [-0.3, -0.25) is 0 Å². The van der Waals surface area contributed by atoms with Crippen molar-refractivity contribution in [2.75, 3.05) is 19.0 Å². The third-order valence-electron chi connectivity index (χ3n) is 14.7. The van der Waals surface area contributed by atoms with Crippen molar-refractivity contribution in [1.29, 1.82) is 0 Å². The summed E-state index contributed by atoms with van der Waals surface area (Å²) in [7, 11) is 4.12. The Balaban J connectivity index is 1.10. The van der Waals surface area contributed by atoms with Crippen LogP contribution in [-0.4, -0.2) is 82.4 Å². The maximum absolute atomic E-state index is 5.66. The summed E-state index contributed by atoms with van der Waals surface area (Å²) in [4.78, 5) is 50.4. The second-order valence-electron chi connectivity index (χ2n) is 30.0. The number of nitrogens with zero attached hydrogens (tertiary/aromatic N) is 7. The third-order valence-corrected chi connectivity index (χ3v) is 22.1. The molecule has 0 unspecified atom stereocenters. The van der Waals surface area contributed by atoms with Crippen molar-refractivity contribution in [2.24, 2.45) is 0 Å². The topological polar surface area (TPSA) is 112 Å². The third kappa shape index (κ3) is 15.5. The predicted octanol–water partition coefficient (Wildman–Crippen LogP) is 23.0. The Morgan fingerprint density at radius 3 is 0.849 bits per heavy atom. The van der Waals surface area contributed by atoms with E-state index in [4.69, 9.17) is 29.9 Å². The number of aromatic nitrogens is 8. The Morgan fingerprint density at radius 2 is 0.548 bits per heavy atom. The fraction of sp³-hybridized carbons (Fsp3) is 0.333. The lowest BCUT2D eigenvalue weighted by atomic mass is 9.98. The van der Waals surface area contributed by atoms with E-state index in [1.807, 2.05) is 70.6 Å². The zero-order valence-corrected chi connectivity index (χ0v) is 62.1. The van der Waals surface area contributed by atoms with Crippen molar-refractivity contribution >= 4 is 120 Å². The van der Waals surface area contributed by atoms with Gasteiger partial charge in [0.2, 0.25) is 0 Å². The minimum absolute atomic E-state index is 0.0681. The summed E-state index contributed by atoms with van der Waals surface area (Å²) < 4.78 is -0.430. The first-order chi connectivity index (χ1) is 43.5. The number of rotatable bonds is 9. The van der Waals surface area contributed by atoms with Gasteiger partial charge >= 0.3 is 0 Å². The number of thioether (sulfide) groups is 6. The highest BCUT2D eigenvalue weighted by molar-refractivity contribution is 8.04. The number of hydrogen-bond acceptors (Lipinski definition) is 13. The molecule has 0 amide bonds. The molecule has 0 aliphatic carbocycles. The van der Waals surface area contributed by atoms with E-state index in [1.54, 1.807) is 0 Å². The molecule has 2 aliphatic rings. The summed E-state index contributed by atoms with van der Waals surface area (Å²) in [5, 5.41) is 3.78. The molecule has 0 saturated carbocycles. The Bertz CT molecular complexity index is 4820. The van der Waals surface area contributed by atoms with E-state index in [2.05, 4.69) is 293 Å². The molecule has 2 N–H and O–H groups in total. The summed E-state index contributed by atoms with van der Waals surface area (Å²) in [5.41, 5.74) is 13.7. The van der Waals surface area contributed by atoms with Crippen LogP contribution in [0, 0.1) is 11.8 Å². The second kappa shape index (κ2) is 24.8. The largest absolute Gasteiger partial charge is 0.378 e. The number of hydrogen-bond donors (Lipinski definition) is 2. The number of anilines is 1. The van der Waals surface area contributed by atoms with E-state index < -0.39 is 0 Å². The molecular weight excluding hydrogens is 1260 g/mol. The van der Waals surface area contributed by atoms with Gasteiger partial charge in [0.1, 0.15) is 22.6 Å². The molecule has 0 radical (unpaired) electrons. The molecule has 0 saturated heterocycles. The van der Waals surface area contributed by atoms with E-state index in [9.17, 15) is 0 Å². The van der Waals surface area contributed by atoms with E-state index in [0.717, 1.165) is 71.6 Å². The first-order valence-corrected chi connectivity index (χ1v) is 36.6. The molecule has 5 heterocycles. The molecular formula is C78H83N9S6. The molecule has 93 heavy (non-hydrogen) atoms. The maximum atomic E-state index is 5.66. The van der Waals surface area contributed by atoms with E-state index in [0.29, 0.717) is 45.9 Å². The van der Waals surface area contributed by atoms with Gasteiger partial charge in [0.15, 0.2) is 23.3 Å². The van der Waals surface area contributed by atoms with Crippen LogP contribution in [0.2, 0.25) is 0 Å². The minimum Gasteiger partial charge on any atom is -0.378 e. The van der Waals surface area contributed by atoms with Crippen LogP contribution in [0.1, 0.15) is 136 Å². The molecule has 2 aliphatic heterocycles. The van der Waals surface area contributed by atoms with Gasteiger partial charge in [0, 0.05) is 133 Å². The second-order valence-corrected chi connectivity index (χ2v) is 41.2. The summed E-state index contributed by atoms with van der Waals surface area (Å²) >= 11 is 11.2. The van der Waals surface area contributed by atoms with Gasteiger partial charge < -0.3 is 14.9 Å². The Hall–Kier alpha value is -6.64. The average Bonchev–Trinajstić information content (AvgIpc) is 1.61. The summed E-state index contributed by atoms with van der Waals surface area (Å²) in [6.07, 6.45) is 0. The van der Waals surface area contributed by atoms with Crippen molar-refractivity contribution in [1.82, 2.24) is 39.9 Å². The van der Waals surface area contributed by atoms with Gasteiger partial charge in [-0.25, -0.2) is 29.9 Å². The van der Waals surface area contributed by atoms with Crippen molar-refractivity contribution in [3.05, 3.63) is 139 Å². The van der Waals surface area contributed by atoms with Crippen molar-refractivity contribution in [3.63, 3.8) is 0 Å². The first kappa shape index (κ1) is 66.4. The zero-order valence-electron chi connectivity index (χ0n) is 57.2. The standard InChI is InChI=1S/C78H83N9S6/c1-73(2,3)88-59-38-53-54(39-60(59)89-74(4,5)6)69-82-67(53)80-65-51-36-33-49(48-29-25-45(26-30-48)22-21-44-23-27-46(28-24-44)47-31-34-50(35-32-47)87(19)20)37-52(51)66(79-65)81-68-55-40-61(90-75(7,8)9)62(91-76(10,11)12)41-56(55)70(83-68)85-72-58-43-64(93-78(16,17)18)63(92-77(13,14)15)42-57(58)71(84-69)86-72/h23-43H,1-20H3,(H2,79,80,81,82,83,84,85,86). The highest BCUT2D eigenvalue weighted by atomic mass is 32.2. The normalized spacial score (nSPS) is 12.9. The summed E-state index contributed by atoms with van der Waals surface area (Å²) in [5.74, 6) is 9.09. The van der Waals surface area contributed by atoms with E-state index in [1.165, 1.54) is 40.6 Å². The molecule has 8 bridgehead atoms. The first-order valence-electron chi connectivity index (χ1n) is 31.7. The highest BCUT2D eigenvalue weighted by Gasteiger charge is 2.30. The molecule has 0 atom stereocenters. The zero-order chi connectivity index (χ0) is 66.5. The fourth-order valence-electron chi connectivity index (χ4n) is 11.0. The quantitative estimate of drug-likeness (QED) is 0.106. The Morgan fingerprint density at radius 1 is 0.290 bits per heavy atom. The monoisotopic (exact) mass is 1340 g/mol. The van der Waals surface area contributed by atoms with Crippen LogP contribution in [0.4, 0.5) is 5.69 Å². The number of benzene rings is 7. The molecule has 15 heteroatoms. The molecule has 0 fully saturated rings. The summed E-state index contributed by atoms with van der Waals surface area (Å²) in [6, 6.07) is 46.0. The fourth-order valence-corrected chi connectivity index (χ4v) is 17.8. The molecule has 476 valence electrons. The molecule has 10 aromatic rings. The van der Waals surface area contributed by atoms with Crippen molar-refractivity contribution in [2.45, 2.75) is 182 Å². The van der Waals surface area contributed by atoms with Gasteiger partial charge in [0.25, 0.3) is 0 Å². The van der Waals surface area contributed by atoms with Crippen LogP contribution in [0.25, 0.3) is 112 Å². The Kier molecular flexibility index (Phi) is 17.7. The van der Waals surface area contributed by atoms with Crippen molar-refractivity contribution < 1.29 is 0 Å². The SMILES string of the molecule is CN(C)c1ccc(-c2ccc(C#Cc3ccc(-c4ccc5c(c4)-c4nc-5nc5[nH]c(nc6nc(nc7[nH]c(n4)c4cc(SC(C)(C)C)c(SC(C)(C)C)cc74)-c4cc(SC(C)(C)C)c(SC(C)(C)C)cc4-6)c4cc(SC(C)(C)C)c(SC(C)(C)C)cc54)cc3)cc2)cc1. The molecule has 3 aromatic heterocycles. The van der Waals surface area contributed by atoms with E-state index >= 15 is 0 Å². The number of aromatic amines is 2. The van der Waals surface area contributed by atoms with Crippen LogP contribution < -0.4 is 4.90 Å². The molecule has 7 aromatic carbocycles. The van der Waals surface area contributed by atoms with Crippen LogP contribution in [0.5, 0.6) is 0 Å². The molecule has 0 spiro atoms. The lowest BCUT2D eigenvalue weighted by Gasteiger charge is -2.24. The van der Waals surface area contributed by atoms with Gasteiger partial charge in [-0.05, 0) is 107 Å². The number of H-pyrrole nitrogens is 2. The van der Waals surface area contributed by atoms with E-state index in [-0.39, 0.29) is 28.5 Å². The van der Waals surface area contributed by atoms with Gasteiger partial charge in [-0.15, -0.1) is 70.6 Å². The maximum Gasteiger partial charge on any atom is 0.164 e. The lowest BCUT2D eigenvalue weighted by molar-refractivity contribution is 0.795. The molecule has 12 rings (SSSR count). The van der Waals surface area contributed by atoms with Gasteiger partial charge in [-0.1, -0.05) is 179 Å². The number of nitrogens with one attached hydrogen (secondary N) is 2. The highest BCUT2D eigenvalue weighted by Crippen LogP contribution is 2.51. The smallest absolute Gasteiger partial charge is 0.164 e. The molecule has 9 nitrogen and oxygen atoms in total. The van der Waals surface area contributed by atoms with Crippen molar-refractivity contribution in [3.8, 4) is 79.6 Å². The minimum atomic E-state index is -0.0761. The summed E-state index contributed by atoms with van der Waals surface area (Å²) in [6.45, 7) is 40.9. The van der Waals surface area contributed by atoms with Gasteiger partial charge in [0.05, 0.1) is 0 Å². The lowest BCUT2D eigenvalue weighted by Crippen LogP contribution is -2.10. The van der Waals surface area contributed by atoms with Crippen LogP contribution in [0.15, 0.2) is 157 Å². The number of fused-ring (bicyclic) bond motifs is 20. The van der Waals surface area contributed by atoms with Crippen LogP contribution >= 0.6 is 70.6 Å². The van der Waals surface area contributed by atoms with Crippen LogP contribution in [0.3, 0.4) is 0 Å². The van der Waals surface area contributed by atoms with Gasteiger partial charge in [-0.2, -0.15) is 0 Å². The average molecular weight is 1340 g/mol. The van der Waals surface area contributed by atoms with Crippen LogP contribution in [-0.2, 0) is 0 Å². The Labute approximate surface area is 575 Å². The predicted molar refractivity (Wildman–Crippen MR) is 407 cm³/mol.